The van der Waals surface area contributed by atoms with Gasteiger partial charge in [-0.1, -0.05) is 50.0 Å². The highest BCUT2D eigenvalue weighted by Gasteiger charge is 2.33. The molecule has 1 aromatic carbocycles. The number of ether oxygens (including phenoxy) is 1. The second-order valence-electron chi connectivity index (χ2n) is 6.25. The van der Waals surface area contributed by atoms with Crippen molar-refractivity contribution in [2.45, 2.75) is 40.2 Å². The fourth-order valence-corrected chi connectivity index (χ4v) is 3.67. The molecule has 3 nitrogen and oxygen atoms in total. The van der Waals surface area contributed by atoms with E-state index in [1.54, 1.807) is 4.90 Å². The molecule has 1 aliphatic heterocycles. The lowest BCUT2D eigenvalue weighted by Gasteiger charge is -2.18. The molecule has 0 atom stereocenters. The lowest BCUT2D eigenvalue weighted by Crippen LogP contribution is -2.34. The summed E-state index contributed by atoms with van der Waals surface area (Å²) in [5, 5.41) is 0. The molecule has 0 bridgehead atoms. The minimum Gasteiger partial charge on any atom is -0.494 e. The van der Waals surface area contributed by atoms with Crippen molar-refractivity contribution in [1.29, 1.82) is 0 Å². The number of thioether (sulfide) groups is 1. The van der Waals surface area contributed by atoms with Gasteiger partial charge < -0.3 is 4.74 Å². The first-order chi connectivity index (χ1) is 10.9. The summed E-state index contributed by atoms with van der Waals surface area (Å²) in [6.45, 7) is 9.03. The summed E-state index contributed by atoms with van der Waals surface area (Å²) in [4.78, 5) is 14.7. The quantitative estimate of drug-likeness (QED) is 0.549. The maximum Gasteiger partial charge on any atom is 0.266 e. The van der Waals surface area contributed by atoms with E-state index < -0.39 is 0 Å². The molecule has 0 spiro atoms. The third-order valence-corrected chi connectivity index (χ3v) is 4.81. The monoisotopic (exact) mass is 349 g/mol. The summed E-state index contributed by atoms with van der Waals surface area (Å²) >= 11 is 6.65. The van der Waals surface area contributed by atoms with Crippen LogP contribution in [0.4, 0.5) is 0 Å². The molecule has 1 fully saturated rings. The zero-order valence-corrected chi connectivity index (χ0v) is 15.7. The van der Waals surface area contributed by atoms with Gasteiger partial charge in [0.2, 0.25) is 0 Å². The third kappa shape index (κ3) is 4.82. The fourth-order valence-electron chi connectivity index (χ4n) is 2.15. The smallest absolute Gasteiger partial charge is 0.266 e. The molecule has 0 radical (unpaired) electrons. The van der Waals surface area contributed by atoms with Crippen LogP contribution in [0.25, 0.3) is 6.08 Å². The molecule has 124 valence electrons. The topological polar surface area (TPSA) is 29.5 Å². The highest BCUT2D eigenvalue weighted by molar-refractivity contribution is 8.26. The summed E-state index contributed by atoms with van der Waals surface area (Å²) < 4.78 is 6.34. The van der Waals surface area contributed by atoms with E-state index in [9.17, 15) is 4.79 Å². The van der Waals surface area contributed by atoms with Crippen molar-refractivity contribution in [1.82, 2.24) is 4.90 Å². The van der Waals surface area contributed by atoms with Crippen molar-refractivity contribution < 1.29 is 9.53 Å². The van der Waals surface area contributed by atoms with Gasteiger partial charge in [-0.3, -0.25) is 9.69 Å². The fraction of sp³-hybridized carbons (Fsp3) is 0.444. The Kier molecular flexibility index (Phi) is 6.25. The molecule has 1 aliphatic rings. The van der Waals surface area contributed by atoms with E-state index in [0.29, 0.717) is 15.1 Å². The first-order valence-electron chi connectivity index (χ1n) is 7.88. The highest BCUT2D eigenvalue weighted by Crippen LogP contribution is 2.33. The lowest BCUT2D eigenvalue weighted by atomic mass is 10.1. The van der Waals surface area contributed by atoms with Crippen molar-refractivity contribution in [2.24, 2.45) is 5.92 Å². The molecule has 2 rings (SSSR count). The van der Waals surface area contributed by atoms with E-state index in [2.05, 4.69) is 13.8 Å². The number of thiocarbonyl (C=S) groups is 1. The molecule has 5 heteroatoms. The van der Waals surface area contributed by atoms with Gasteiger partial charge in [-0.2, -0.15) is 0 Å². The Labute approximate surface area is 148 Å². The Morgan fingerprint density at radius 1 is 1.22 bits per heavy atom. The lowest BCUT2D eigenvalue weighted by molar-refractivity contribution is -0.123. The average Bonchev–Trinajstić information content (AvgIpc) is 2.75. The van der Waals surface area contributed by atoms with Crippen LogP contribution >= 0.6 is 24.0 Å². The molecular weight excluding hydrogens is 326 g/mol. The second-order valence-corrected chi connectivity index (χ2v) is 7.92. The zero-order valence-electron chi connectivity index (χ0n) is 14.0. The first kappa shape index (κ1) is 18.0. The predicted octanol–water partition coefficient (Wildman–Crippen LogP) is 4.72. The van der Waals surface area contributed by atoms with Crippen molar-refractivity contribution in [3.8, 4) is 5.75 Å². The van der Waals surface area contributed by atoms with E-state index >= 15 is 0 Å². The van der Waals surface area contributed by atoms with Crippen molar-refractivity contribution in [3.63, 3.8) is 0 Å². The van der Waals surface area contributed by atoms with Crippen LogP contribution in [0, 0.1) is 5.92 Å². The predicted molar refractivity (Wildman–Crippen MR) is 102 cm³/mol. The summed E-state index contributed by atoms with van der Waals surface area (Å²) in [7, 11) is 0. The molecule has 0 N–H and O–H groups in total. The van der Waals surface area contributed by atoms with Gasteiger partial charge in [-0.15, -0.1) is 0 Å². The van der Waals surface area contributed by atoms with E-state index in [4.69, 9.17) is 17.0 Å². The molecule has 0 saturated carbocycles. The standard InChI is InChI=1S/C18H23NO2S2/c1-12(2)9-10-21-15-7-5-14(6-8-15)11-16-17(20)19(13(3)4)18(22)23-16/h5-8,11-13H,9-10H2,1-4H3/b16-11-. The molecule has 0 aliphatic carbocycles. The number of carbonyl (C=O) groups excluding carboxylic acids is 1. The second kappa shape index (κ2) is 7.97. The third-order valence-electron chi connectivity index (χ3n) is 3.48. The Morgan fingerprint density at radius 2 is 1.87 bits per heavy atom. The van der Waals surface area contributed by atoms with Crippen LogP contribution < -0.4 is 4.74 Å². The molecule has 0 aromatic heterocycles. The van der Waals surface area contributed by atoms with Crippen molar-refractivity contribution in [3.05, 3.63) is 34.7 Å². The number of carbonyl (C=O) groups is 1. The number of hydrogen-bond donors (Lipinski definition) is 0. The highest BCUT2D eigenvalue weighted by atomic mass is 32.2. The van der Waals surface area contributed by atoms with Crippen LogP contribution in [0.5, 0.6) is 5.75 Å². The van der Waals surface area contributed by atoms with Crippen molar-refractivity contribution in [2.75, 3.05) is 6.61 Å². The first-order valence-corrected chi connectivity index (χ1v) is 9.11. The van der Waals surface area contributed by atoms with E-state index in [-0.39, 0.29) is 11.9 Å². The number of hydrogen-bond acceptors (Lipinski definition) is 4. The van der Waals surface area contributed by atoms with Crippen LogP contribution in [-0.2, 0) is 4.79 Å². The normalized spacial score (nSPS) is 17.0. The van der Waals surface area contributed by atoms with Gasteiger partial charge in [0.15, 0.2) is 0 Å². The number of amides is 1. The Bertz CT molecular complexity index is 606. The SMILES string of the molecule is CC(C)CCOc1ccc(/C=C2\SC(=S)N(C(C)C)C2=O)cc1. The molecule has 1 saturated heterocycles. The number of benzene rings is 1. The van der Waals surface area contributed by atoms with Gasteiger partial charge in [0.05, 0.1) is 11.5 Å². The maximum atomic E-state index is 12.4. The van der Waals surface area contributed by atoms with Crippen LogP contribution in [0.2, 0.25) is 0 Å². The summed E-state index contributed by atoms with van der Waals surface area (Å²) in [6.07, 6.45) is 2.93. The van der Waals surface area contributed by atoms with E-state index in [1.165, 1.54) is 11.8 Å². The summed E-state index contributed by atoms with van der Waals surface area (Å²) in [5.74, 6) is 1.49. The van der Waals surface area contributed by atoms with Crippen LogP contribution in [0.15, 0.2) is 29.2 Å². The zero-order chi connectivity index (χ0) is 17.0. The minimum atomic E-state index is -0.00717. The van der Waals surface area contributed by atoms with Gasteiger partial charge in [0.1, 0.15) is 10.1 Å². The van der Waals surface area contributed by atoms with E-state index in [0.717, 1.165) is 24.3 Å². The molecule has 1 aromatic rings. The van der Waals surface area contributed by atoms with Gasteiger partial charge in [0.25, 0.3) is 5.91 Å². The molecule has 1 heterocycles. The molecule has 23 heavy (non-hydrogen) atoms. The van der Waals surface area contributed by atoms with Gasteiger partial charge >= 0.3 is 0 Å². The largest absolute Gasteiger partial charge is 0.494 e. The van der Waals surface area contributed by atoms with Crippen LogP contribution in [-0.4, -0.2) is 27.8 Å². The van der Waals surface area contributed by atoms with Gasteiger partial charge in [-0.25, -0.2) is 0 Å². The summed E-state index contributed by atoms with van der Waals surface area (Å²) in [6, 6.07) is 7.90. The minimum absolute atomic E-state index is 0.00717. The van der Waals surface area contributed by atoms with Crippen LogP contribution in [0.3, 0.4) is 0 Å². The van der Waals surface area contributed by atoms with Gasteiger partial charge in [-0.05, 0) is 50.0 Å². The number of nitrogens with zero attached hydrogens (tertiary/aromatic N) is 1. The summed E-state index contributed by atoms with van der Waals surface area (Å²) in [5.41, 5.74) is 0.977. The van der Waals surface area contributed by atoms with E-state index in [1.807, 2.05) is 44.2 Å². The molecule has 0 unspecified atom stereocenters. The van der Waals surface area contributed by atoms with Crippen molar-refractivity contribution >= 4 is 40.3 Å². The Balaban J connectivity index is 2.03. The van der Waals surface area contributed by atoms with Gasteiger partial charge in [0, 0.05) is 6.04 Å². The van der Waals surface area contributed by atoms with Crippen LogP contribution in [0.1, 0.15) is 39.7 Å². The molecule has 1 amide bonds. The Hall–Kier alpha value is -1.33. The Morgan fingerprint density at radius 3 is 2.39 bits per heavy atom. The average molecular weight is 350 g/mol. The number of rotatable bonds is 6. The maximum absolute atomic E-state index is 12.4. The molecular formula is C18H23NO2S2.